The highest BCUT2D eigenvalue weighted by atomic mass is 16.5. The van der Waals surface area contributed by atoms with Gasteiger partial charge in [0.15, 0.2) is 5.82 Å². The first-order chi connectivity index (χ1) is 16.2. The van der Waals surface area contributed by atoms with E-state index in [9.17, 15) is 9.59 Å². The van der Waals surface area contributed by atoms with Gasteiger partial charge in [0.1, 0.15) is 24.7 Å². The molecule has 0 aliphatic carbocycles. The van der Waals surface area contributed by atoms with Crippen LogP contribution in [0.15, 0.2) is 65.8 Å². The van der Waals surface area contributed by atoms with Gasteiger partial charge in [-0.05, 0) is 30.7 Å². The van der Waals surface area contributed by atoms with Gasteiger partial charge in [-0.3, -0.25) is 19.6 Å². The lowest BCUT2D eigenvalue weighted by Gasteiger charge is -2.39. The zero-order valence-electron chi connectivity index (χ0n) is 17.9. The van der Waals surface area contributed by atoms with Gasteiger partial charge in [0.2, 0.25) is 5.91 Å². The van der Waals surface area contributed by atoms with Crippen molar-refractivity contribution >= 4 is 29.3 Å². The van der Waals surface area contributed by atoms with Crippen LogP contribution < -0.4 is 14.5 Å². The van der Waals surface area contributed by atoms with E-state index in [4.69, 9.17) is 4.74 Å². The fraction of sp³-hybridized carbons (Fsp3) is 0.250. The number of fused-ring (bicyclic) bond motifs is 4. The topological polar surface area (TPSA) is 83.3 Å². The van der Waals surface area contributed by atoms with Crippen molar-refractivity contribution in [1.82, 2.24) is 14.7 Å². The van der Waals surface area contributed by atoms with E-state index in [1.54, 1.807) is 20.7 Å². The zero-order valence-corrected chi connectivity index (χ0v) is 17.9. The largest absolute Gasteiger partial charge is 0.490 e. The Morgan fingerprint density at radius 2 is 1.85 bits per heavy atom. The molecule has 0 unspecified atom stereocenters. The molecule has 1 aromatic heterocycles. The summed E-state index contributed by atoms with van der Waals surface area (Å²) < 4.78 is 7.40. The first kappa shape index (κ1) is 19.5. The lowest BCUT2D eigenvalue weighted by molar-refractivity contribution is -0.117. The standard InChI is InChI=1S/C24H22N6O3/c31-21(27-13-14-33-20-10-5-4-9-19(20)27)16-29-23-18(22-25-11-6-12-28(22)24(29)32)15-26-30(23)17-7-2-1-3-8-17/h1-5,7-10,15H,6,11-14,16H2. The van der Waals surface area contributed by atoms with Crippen molar-refractivity contribution in [2.45, 2.75) is 6.42 Å². The van der Waals surface area contributed by atoms with Crippen LogP contribution in [0.2, 0.25) is 0 Å². The molecule has 9 heteroatoms. The third-order valence-corrected chi connectivity index (χ3v) is 6.08. The molecule has 6 rings (SSSR count). The average Bonchev–Trinajstić information content (AvgIpc) is 3.32. The van der Waals surface area contributed by atoms with Crippen LogP contribution >= 0.6 is 0 Å². The van der Waals surface area contributed by atoms with Crippen molar-refractivity contribution in [3.05, 3.63) is 66.4 Å². The molecule has 3 aromatic rings. The van der Waals surface area contributed by atoms with Gasteiger partial charge in [0, 0.05) is 13.1 Å². The van der Waals surface area contributed by atoms with Gasteiger partial charge < -0.3 is 9.64 Å². The summed E-state index contributed by atoms with van der Waals surface area (Å²) in [5.74, 6) is 1.69. The molecule has 166 valence electrons. The minimum absolute atomic E-state index is 0.109. The monoisotopic (exact) mass is 442 g/mol. The summed E-state index contributed by atoms with van der Waals surface area (Å²) in [5.41, 5.74) is 2.29. The third kappa shape index (κ3) is 3.15. The predicted molar refractivity (Wildman–Crippen MR) is 123 cm³/mol. The summed E-state index contributed by atoms with van der Waals surface area (Å²) in [6.07, 6.45) is 2.52. The summed E-state index contributed by atoms with van der Waals surface area (Å²) in [7, 11) is 0. The molecule has 9 nitrogen and oxygen atoms in total. The predicted octanol–water partition coefficient (Wildman–Crippen LogP) is 2.69. The van der Waals surface area contributed by atoms with E-state index < -0.39 is 0 Å². The molecule has 3 aliphatic rings. The fourth-order valence-electron chi connectivity index (χ4n) is 4.57. The normalized spacial score (nSPS) is 17.0. The van der Waals surface area contributed by atoms with Crippen molar-refractivity contribution in [3.63, 3.8) is 0 Å². The summed E-state index contributed by atoms with van der Waals surface area (Å²) in [5, 5.41) is 4.57. The van der Waals surface area contributed by atoms with Gasteiger partial charge in [-0.1, -0.05) is 30.3 Å². The summed E-state index contributed by atoms with van der Waals surface area (Å²) in [4.78, 5) is 36.6. The Hall–Kier alpha value is -4.14. The highest BCUT2D eigenvalue weighted by Crippen LogP contribution is 2.34. The number of ether oxygens (including phenoxy) is 1. The number of rotatable bonds is 3. The number of aliphatic imine (C=N–C) groups is 1. The fourth-order valence-corrected chi connectivity index (χ4v) is 4.57. The number of hydrogen-bond donors (Lipinski definition) is 0. The van der Waals surface area contributed by atoms with Gasteiger partial charge in [0.05, 0.1) is 29.7 Å². The molecular weight excluding hydrogens is 420 g/mol. The second kappa shape index (κ2) is 7.77. The Balaban J connectivity index is 1.42. The molecule has 0 spiro atoms. The highest BCUT2D eigenvalue weighted by molar-refractivity contribution is 6.20. The lowest BCUT2D eigenvalue weighted by atomic mass is 10.1. The number of amides is 3. The maximum Gasteiger partial charge on any atom is 0.331 e. The van der Waals surface area contributed by atoms with Crippen molar-refractivity contribution in [1.29, 1.82) is 0 Å². The molecule has 3 aliphatic heterocycles. The van der Waals surface area contributed by atoms with Crippen LogP contribution in [0.4, 0.5) is 16.3 Å². The number of benzene rings is 2. The highest BCUT2D eigenvalue weighted by Gasteiger charge is 2.41. The quantitative estimate of drug-likeness (QED) is 0.625. The van der Waals surface area contributed by atoms with Gasteiger partial charge >= 0.3 is 6.03 Å². The van der Waals surface area contributed by atoms with Crippen molar-refractivity contribution in [2.24, 2.45) is 4.99 Å². The average molecular weight is 442 g/mol. The van der Waals surface area contributed by atoms with Gasteiger partial charge in [0.25, 0.3) is 0 Å². The first-order valence-corrected chi connectivity index (χ1v) is 11.0. The molecule has 0 saturated heterocycles. The number of anilines is 2. The maximum atomic E-state index is 13.6. The molecule has 3 amide bonds. The number of para-hydroxylation sites is 3. The molecule has 2 aromatic carbocycles. The number of urea groups is 1. The Kier molecular flexibility index (Phi) is 4.60. The zero-order chi connectivity index (χ0) is 22.4. The van der Waals surface area contributed by atoms with Crippen LogP contribution in [-0.2, 0) is 4.79 Å². The Labute approximate surface area is 190 Å². The van der Waals surface area contributed by atoms with Gasteiger partial charge in [-0.25, -0.2) is 9.48 Å². The number of aromatic nitrogens is 2. The van der Waals surface area contributed by atoms with E-state index in [1.807, 2.05) is 54.6 Å². The van der Waals surface area contributed by atoms with E-state index >= 15 is 0 Å². The van der Waals surface area contributed by atoms with Gasteiger partial charge in [-0.2, -0.15) is 5.10 Å². The second-order valence-electron chi connectivity index (χ2n) is 8.07. The molecule has 0 fully saturated rings. The molecule has 33 heavy (non-hydrogen) atoms. The number of amidine groups is 1. The number of carbonyl (C=O) groups excluding carboxylic acids is 2. The van der Waals surface area contributed by atoms with Crippen LogP contribution in [0.3, 0.4) is 0 Å². The van der Waals surface area contributed by atoms with E-state index in [1.165, 1.54) is 4.90 Å². The van der Waals surface area contributed by atoms with Crippen molar-refractivity contribution < 1.29 is 14.3 Å². The molecule has 0 N–H and O–H groups in total. The van der Waals surface area contributed by atoms with Crippen LogP contribution in [-0.4, -0.2) is 65.2 Å². The summed E-state index contributed by atoms with van der Waals surface area (Å²) in [6, 6.07) is 16.8. The number of nitrogens with zero attached hydrogens (tertiary/aromatic N) is 6. The minimum Gasteiger partial charge on any atom is -0.490 e. The van der Waals surface area contributed by atoms with E-state index in [0.29, 0.717) is 43.6 Å². The van der Waals surface area contributed by atoms with Crippen molar-refractivity contribution in [2.75, 3.05) is 42.6 Å². The molecular formula is C24H22N6O3. The SMILES string of the molecule is O=C(CN1C(=O)N2CCCN=C2c2cnn(-c3ccccc3)c21)N1CCOc2ccccc21. The third-order valence-electron chi connectivity index (χ3n) is 6.08. The number of hydrogen-bond acceptors (Lipinski definition) is 5. The molecule has 0 atom stereocenters. The maximum absolute atomic E-state index is 13.6. The van der Waals surface area contributed by atoms with E-state index in [2.05, 4.69) is 10.1 Å². The minimum atomic E-state index is -0.256. The smallest absolute Gasteiger partial charge is 0.331 e. The Bertz CT molecular complexity index is 1270. The van der Waals surface area contributed by atoms with E-state index in [0.717, 1.165) is 23.4 Å². The van der Waals surface area contributed by atoms with Crippen molar-refractivity contribution in [3.8, 4) is 11.4 Å². The van der Waals surface area contributed by atoms with E-state index in [-0.39, 0.29) is 18.5 Å². The van der Waals surface area contributed by atoms with Crippen LogP contribution in [0.5, 0.6) is 5.75 Å². The summed E-state index contributed by atoms with van der Waals surface area (Å²) in [6.45, 7) is 1.96. The van der Waals surface area contributed by atoms with Crippen LogP contribution in [0, 0.1) is 0 Å². The second-order valence-corrected chi connectivity index (χ2v) is 8.07. The Morgan fingerprint density at radius 3 is 2.73 bits per heavy atom. The summed E-state index contributed by atoms with van der Waals surface area (Å²) >= 11 is 0. The molecule has 0 radical (unpaired) electrons. The van der Waals surface area contributed by atoms with Gasteiger partial charge in [-0.15, -0.1) is 0 Å². The molecule has 0 bridgehead atoms. The molecule has 0 saturated carbocycles. The van der Waals surface area contributed by atoms with Crippen LogP contribution in [0.1, 0.15) is 12.0 Å². The number of carbonyl (C=O) groups is 2. The lowest BCUT2D eigenvalue weighted by Crippen LogP contribution is -2.56. The molecule has 4 heterocycles. The van der Waals surface area contributed by atoms with Crippen LogP contribution in [0.25, 0.3) is 5.69 Å². The first-order valence-electron chi connectivity index (χ1n) is 11.0. The Morgan fingerprint density at radius 1 is 1.03 bits per heavy atom.